The van der Waals surface area contributed by atoms with Crippen LogP contribution in [-0.4, -0.2) is 12.8 Å². The van der Waals surface area contributed by atoms with E-state index < -0.39 is 17.5 Å². The number of nitrogens with zero attached hydrogens (tertiary/aromatic N) is 3. The molecule has 2 aromatic carbocycles. The van der Waals surface area contributed by atoms with Crippen molar-refractivity contribution in [3.8, 4) is 29.4 Å². The first-order chi connectivity index (χ1) is 12.4. The van der Waals surface area contributed by atoms with Gasteiger partial charge in [-0.3, -0.25) is 5.43 Å². The number of para-hydroxylation sites is 2. The molecular formula is C17H11F3N4O2. The Morgan fingerprint density at radius 1 is 1.04 bits per heavy atom. The van der Waals surface area contributed by atoms with Crippen LogP contribution in [0.15, 0.2) is 47.6 Å². The van der Waals surface area contributed by atoms with E-state index in [1.165, 1.54) is 19.2 Å². The van der Waals surface area contributed by atoms with Gasteiger partial charge in [-0.25, -0.2) is 0 Å². The maximum atomic E-state index is 12.9. The molecule has 0 bridgehead atoms. The van der Waals surface area contributed by atoms with Gasteiger partial charge in [0.05, 0.1) is 18.4 Å². The second-order valence-corrected chi connectivity index (χ2v) is 4.76. The minimum absolute atomic E-state index is 0.00137. The van der Waals surface area contributed by atoms with Crippen LogP contribution in [-0.2, 0) is 6.18 Å². The van der Waals surface area contributed by atoms with Gasteiger partial charge in [0.15, 0.2) is 17.2 Å². The number of anilines is 1. The van der Waals surface area contributed by atoms with Crippen molar-refractivity contribution in [3.05, 3.63) is 48.0 Å². The lowest BCUT2D eigenvalue weighted by atomic mass is 10.2. The maximum absolute atomic E-state index is 12.9. The normalized spacial score (nSPS) is 10.2. The molecule has 0 aliphatic rings. The molecule has 0 saturated carbocycles. The highest BCUT2D eigenvalue weighted by Gasteiger charge is 2.31. The van der Waals surface area contributed by atoms with Crippen LogP contribution in [0.2, 0.25) is 0 Å². The number of hydrogen-bond acceptors (Lipinski definition) is 6. The first kappa shape index (κ1) is 18.6. The van der Waals surface area contributed by atoms with E-state index in [0.717, 1.165) is 18.2 Å². The number of rotatable bonds is 5. The lowest BCUT2D eigenvalue weighted by Gasteiger charge is -2.15. The highest BCUT2D eigenvalue weighted by atomic mass is 19.4. The van der Waals surface area contributed by atoms with Gasteiger partial charge in [-0.05, 0) is 30.3 Å². The largest absolute Gasteiger partial charge is 0.493 e. The van der Waals surface area contributed by atoms with Crippen molar-refractivity contribution in [2.24, 2.45) is 5.10 Å². The number of nitriles is 2. The van der Waals surface area contributed by atoms with E-state index in [4.69, 9.17) is 20.0 Å². The lowest BCUT2D eigenvalue weighted by molar-refractivity contribution is -0.137. The van der Waals surface area contributed by atoms with Gasteiger partial charge in [0.25, 0.3) is 0 Å². The average molecular weight is 360 g/mol. The van der Waals surface area contributed by atoms with Gasteiger partial charge in [0.2, 0.25) is 5.71 Å². The fraction of sp³-hybridized carbons (Fsp3) is 0.118. The van der Waals surface area contributed by atoms with E-state index >= 15 is 0 Å². The zero-order valence-corrected chi connectivity index (χ0v) is 13.3. The van der Waals surface area contributed by atoms with Gasteiger partial charge in [-0.1, -0.05) is 12.1 Å². The Morgan fingerprint density at radius 3 is 2.27 bits per heavy atom. The Morgan fingerprint density at radius 2 is 1.69 bits per heavy atom. The fourth-order valence-corrected chi connectivity index (χ4v) is 1.90. The van der Waals surface area contributed by atoms with Crippen molar-refractivity contribution in [1.82, 2.24) is 0 Å². The standard InChI is InChI=1S/C17H11F3N4O2/c1-25-15-4-2-3-5-16(15)26-14-7-6-11(17(18,19)20)8-13(14)24-23-12(9-21)10-22/h2-8,24H,1H3. The van der Waals surface area contributed by atoms with Crippen LogP contribution in [0.4, 0.5) is 18.9 Å². The highest BCUT2D eigenvalue weighted by Crippen LogP contribution is 2.38. The number of hydrogen-bond donors (Lipinski definition) is 1. The summed E-state index contributed by atoms with van der Waals surface area (Å²) >= 11 is 0. The maximum Gasteiger partial charge on any atom is 0.416 e. The van der Waals surface area contributed by atoms with Gasteiger partial charge < -0.3 is 9.47 Å². The van der Waals surface area contributed by atoms with Crippen molar-refractivity contribution in [2.45, 2.75) is 6.18 Å². The van der Waals surface area contributed by atoms with Gasteiger partial charge >= 0.3 is 6.18 Å². The molecule has 0 fully saturated rings. The molecule has 0 spiro atoms. The first-order valence-corrected chi connectivity index (χ1v) is 7.05. The van der Waals surface area contributed by atoms with Gasteiger partial charge in [0, 0.05) is 0 Å². The summed E-state index contributed by atoms with van der Waals surface area (Å²) in [6, 6.07) is 12.3. The second kappa shape index (κ2) is 7.90. The number of methoxy groups -OCH3 is 1. The molecule has 6 nitrogen and oxygen atoms in total. The predicted octanol–water partition coefficient (Wildman–Crippen LogP) is 4.32. The topological polar surface area (TPSA) is 90.4 Å². The average Bonchev–Trinajstić information content (AvgIpc) is 2.63. The first-order valence-electron chi connectivity index (χ1n) is 7.05. The molecule has 0 amide bonds. The van der Waals surface area contributed by atoms with E-state index in [0.29, 0.717) is 5.75 Å². The molecule has 0 radical (unpaired) electrons. The summed E-state index contributed by atoms with van der Waals surface area (Å²) in [5.41, 5.74) is 0.594. The molecule has 2 rings (SSSR count). The van der Waals surface area contributed by atoms with Crippen molar-refractivity contribution < 1.29 is 22.6 Å². The molecule has 0 aliphatic heterocycles. The molecule has 0 heterocycles. The van der Waals surface area contributed by atoms with E-state index in [-0.39, 0.29) is 17.2 Å². The minimum Gasteiger partial charge on any atom is -0.493 e. The summed E-state index contributed by atoms with van der Waals surface area (Å²) < 4.78 is 49.6. The van der Waals surface area contributed by atoms with Crippen LogP contribution in [0.3, 0.4) is 0 Å². The second-order valence-electron chi connectivity index (χ2n) is 4.76. The molecular weight excluding hydrogens is 349 g/mol. The summed E-state index contributed by atoms with van der Waals surface area (Å²) in [4.78, 5) is 0. The van der Waals surface area contributed by atoms with Gasteiger partial charge in [-0.2, -0.15) is 28.8 Å². The monoisotopic (exact) mass is 360 g/mol. The molecule has 0 saturated heterocycles. The molecule has 26 heavy (non-hydrogen) atoms. The van der Waals surface area contributed by atoms with Crippen LogP contribution in [0.25, 0.3) is 0 Å². The van der Waals surface area contributed by atoms with Crippen molar-refractivity contribution in [3.63, 3.8) is 0 Å². The van der Waals surface area contributed by atoms with E-state index in [1.54, 1.807) is 24.3 Å². The smallest absolute Gasteiger partial charge is 0.416 e. The Labute approximate surface area is 146 Å². The zero-order valence-electron chi connectivity index (χ0n) is 13.3. The summed E-state index contributed by atoms with van der Waals surface area (Å²) in [5, 5.41) is 20.8. The zero-order chi connectivity index (χ0) is 19.2. The number of alkyl halides is 3. The van der Waals surface area contributed by atoms with E-state index in [9.17, 15) is 13.2 Å². The molecule has 9 heteroatoms. The molecule has 0 aliphatic carbocycles. The van der Waals surface area contributed by atoms with Crippen LogP contribution in [0.5, 0.6) is 17.2 Å². The number of hydrazone groups is 1. The Bertz CT molecular complexity index is 895. The Hall–Kier alpha value is -3.72. The number of halogens is 3. The SMILES string of the molecule is COc1ccccc1Oc1ccc(C(F)(F)F)cc1NN=C(C#N)C#N. The van der Waals surface area contributed by atoms with Crippen molar-refractivity contribution in [2.75, 3.05) is 12.5 Å². The van der Waals surface area contributed by atoms with Gasteiger partial charge in [0.1, 0.15) is 12.1 Å². The van der Waals surface area contributed by atoms with Crippen molar-refractivity contribution in [1.29, 1.82) is 10.5 Å². The number of nitrogens with one attached hydrogen (secondary N) is 1. The van der Waals surface area contributed by atoms with Crippen LogP contribution in [0.1, 0.15) is 5.56 Å². The number of benzene rings is 2. The van der Waals surface area contributed by atoms with Crippen LogP contribution >= 0.6 is 0 Å². The third kappa shape index (κ3) is 4.42. The summed E-state index contributed by atoms with van der Waals surface area (Å²) in [6.07, 6.45) is -4.59. The molecule has 2 aromatic rings. The molecule has 0 unspecified atom stereocenters. The Balaban J connectivity index is 2.46. The summed E-state index contributed by atoms with van der Waals surface area (Å²) in [5.74, 6) is 0.639. The third-order valence-electron chi connectivity index (χ3n) is 3.10. The molecule has 1 N–H and O–H groups in total. The lowest BCUT2D eigenvalue weighted by Crippen LogP contribution is -2.06. The molecule has 132 valence electrons. The van der Waals surface area contributed by atoms with Crippen molar-refractivity contribution >= 4 is 11.4 Å². The highest BCUT2D eigenvalue weighted by molar-refractivity contribution is 6.10. The number of ether oxygens (including phenoxy) is 2. The third-order valence-corrected chi connectivity index (χ3v) is 3.10. The predicted molar refractivity (Wildman–Crippen MR) is 86.8 cm³/mol. The summed E-state index contributed by atoms with van der Waals surface area (Å²) in [6.45, 7) is 0. The molecule has 0 atom stereocenters. The van der Waals surface area contributed by atoms with E-state index in [2.05, 4.69) is 10.5 Å². The Kier molecular flexibility index (Phi) is 5.66. The fourth-order valence-electron chi connectivity index (χ4n) is 1.90. The van der Waals surface area contributed by atoms with Crippen LogP contribution < -0.4 is 14.9 Å². The molecule has 0 aromatic heterocycles. The minimum atomic E-state index is -4.59. The van der Waals surface area contributed by atoms with Crippen LogP contribution in [0, 0.1) is 22.7 Å². The van der Waals surface area contributed by atoms with Gasteiger partial charge in [-0.15, -0.1) is 0 Å². The quantitative estimate of drug-likeness (QED) is 0.633. The van der Waals surface area contributed by atoms with E-state index in [1.807, 2.05) is 0 Å². The summed E-state index contributed by atoms with van der Waals surface area (Å²) in [7, 11) is 1.42.